The zero-order chi connectivity index (χ0) is 25.7. The number of ketones is 2. The van der Waals surface area contributed by atoms with Crippen molar-refractivity contribution >= 4 is 17.5 Å². The molecule has 0 unspecified atom stereocenters. The molecule has 7 heteroatoms. The van der Waals surface area contributed by atoms with Crippen LogP contribution < -0.4 is 0 Å². The van der Waals surface area contributed by atoms with Crippen molar-refractivity contribution in [3.05, 3.63) is 35.9 Å². The van der Waals surface area contributed by atoms with E-state index in [1.165, 1.54) is 0 Å². The fraction of sp³-hybridized carbons (Fsp3) is 0.679. The van der Waals surface area contributed by atoms with Crippen LogP contribution in [0.25, 0.3) is 0 Å². The smallest absolute Gasteiger partial charge is 0.306 e. The third-order valence-corrected chi connectivity index (χ3v) is 6.93. The average molecular weight is 495 g/mol. The van der Waals surface area contributed by atoms with Crippen LogP contribution in [-0.2, 0) is 25.7 Å². The largest absolute Gasteiger partial charge is 0.461 e. The second-order valence-electron chi connectivity index (χ2n) is 9.73. The molecule has 2 rings (SSSR count). The zero-order valence-corrected chi connectivity index (χ0v) is 20.9. The predicted octanol–water partition coefficient (Wildman–Crippen LogP) is 6.20. The van der Waals surface area contributed by atoms with Crippen molar-refractivity contribution in [2.45, 2.75) is 109 Å². The second kappa shape index (κ2) is 15.1. The van der Waals surface area contributed by atoms with Crippen molar-refractivity contribution in [3.63, 3.8) is 0 Å². The van der Waals surface area contributed by atoms with Gasteiger partial charge in [0.2, 0.25) is 5.78 Å². The van der Waals surface area contributed by atoms with Gasteiger partial charge in [-0.2, -0.15) is 8.78 Å². The Morgan fingerprint density at radius 2 is 1.71 bits per heavy atom. The van der Waals surface area contributed by atoms with Gasteiger partial charge in [-0.1, -0.05) is 69.4 Å². The first-order valence-corrected chi connectivity index (χ1v) is 13.1. The Hall–Kier alpha value is -2.15. The maximum atomic E-state index is 14.1. The minimum Gasteiger partial charge on any atom is -0.461 e. The third kappa shape index (κ3) is 10.2. The number of halogens is 2. The van der Waals surface area contributed by atoms with Gasteiger partial charge in [-0.25, -0.2) is 0 Å². The van der Waals surface area contributed by atoms with Crippen LogP contribution in [0.4, 0.5) is 8.78 Å². The van der Waals surface area contributed by atoms with E-state index in [2.05, 4.69) is 0 Å². The highest BCUT2D eigenvalue weighted by Crippen LogP contribution is 2.37. The molecule has 3 atom stereocenters. The Morgan fingerprint density at radius 1 is 1.00 bits per heavy atom. The van der Waals surface area contributed by atoms with E-state index in [-0.39, 0.29) is 43.5 Å². The summed E-state index contributed by atoms with van der Waals surface area (Å²) in [4.78, 5) is 36.3. The molecule has 1 aliphatic rings. The van der Waals surface area contributed by atoms with Gasteiger partial charge < -0.3 is 9.84 Å². The molecule has 5 nitrogen and oxygen atoms in total. The summed E-state index contributed by atoms with van der Waals surface area (Å²) in [6.07, 6.45) is 4.31. The maximum absolute atomic E-state index is 14.1. The van der Waals surface area contributed by atoms with E-state index in [0.717, 1.165) is 31.2 Å². The second-order valence-corrected chi connectivity index (χ2v) is 9.73. The van der Waals surface area contributed by atoms with Crippen LogP contribution in [0.1, 0.15) is 96.0 Å². The molecule has 1 aliphatic carbocycles. The summed E-state index contributed by atoms with van der Waals surface area (Å²) in [7, 11) is 0. The lowest BCUT2D eigenvalue weighted by Gasteiger charge is -2.22. The predicted molar refractivity (Wildman–Crippen MR) is 130 cm³/mol. The minimum atomic E-state index is -3.33. The lowest BCUT2D eigenvalue weighted by molar-refractivity contribution is -0.145. The fourth-order valence-corrected chi connectivity index (χ4v) is 4.80. The number of esters is 1. The van der Waals surface area contributed by atoms with Gasteiger partial charge in [0.15, 0.2) is 0 Å². The van der Waals surface area contributed by atoms with E-state index in [1.807, 2.05) is 37.3 Å². The van der Waals surface area contributed by atoms with Crippen LogP contribution in [0.3, 0.4) is 0 Å². The molecule has 35 heavy (non-hydrogen) atoms. The molecule has 0 heterocycles. The molecule has 1 fully saturated rings. The van der Waals surface area contributed by atoms with Crippen molar-refractivity contribution in [2.75, 3.05) is 0 Å². The van der Waals surface area contributed by atoms with E-state index in [4.69, 9.17) is 4.74 Å². The van der Waals surface area contributed by atoms with Crippen LogP contribution >= 0.6 is 0 Å². The first-order valence-electron chi connectivity index (χ1n) is 13.1. The lowest BCUT2D eigenvalue weighted by Crippen LogP contribution is -2.30. The van der Waals surface area contributed by atoms with Gasteiger partial charge in [-0.15, -0.1) is 0 Å². The van der Waals surface area contributed by atoms with Gasteiger partial charge in [0, 0.05) is 31.6 Å². The van der Waals surface area contributed by atoms with Gasteiger partial charge in [-0.3, -0.25) is 14.4 Å². The van der Waals surface area contributed by atoms with E-state index in [9.17, 15) is 28.3 Å². The van der Waals surface area contributed by atoms with Gasteiger partial charge in [-0.05, 0) is 37.2 Å². The molecule has 1 aromatic rings. The number of unbranched alkanes of at least 4 members (excludes halogenated alkanes) is 5. The van der Waals surface area contributed by atoms with E-state index >= 15 is 0 Å². The van der Waals surface area contributed by atoms with E-state index < -0.39 is 30.1 Å². The Morgan fingerprint density at radius 3 is 2.43 bits per heavy atom. The van der Waals surface area contributed by atoms with Crippen LogP contribution in [0, 0.1) is 11.8 Å². The van der Waals surface area contributed by atoms with Crippen LogP contribution in [0.15, 0.2) is 30.3 Å². The molecular formula is C28H40F2O5. The number of Topliss-reactive ketones (excluding diaryl/α,β-unsaturated/α-hetero) is 2. The molecule has 0 radical (unpaired) electrons. The number of aliphatic hydroxyl groups is 1. The fourth-order valence-electron chi connectivity index (χ4n) is 4.80. The summed E-state index contributed by atoms with van der Waals surface area (Å²) in [6, 6.07) is 9.49. The molecule has 0 aromatic heterocycles. The zero-order valence-electron chi connectivity index (χ0n) is 20.9. The van der Waals surface area contributed by atoms with E-state index in [1.54, 1.807) is 0 Å². The first-order chi connectivity index (χ1) is 16.7. The molecule has 0 spiro atoms. The normalized spacial score (nSPS) is 20.2. The number of carbonyl (C=O) groups excluding carboxylic acids is 3. The Balaban J connectivity index is 1.65. The molecule has 0 bridgehead atoms. The molecule has 0 saturated heterocycles. The quantitative estimate of drug-likeness (QED) is 0.206. The summed E-state index contributed by atoms with van der Waals surface area (Å²) < 4.78 is 33.4. The number of alkyl halides is 2. The number of rotatable bonds is 17. The summed E-state index contributed by atoms with van der Waals surface area (Å²) in [6.45, 7) is 2.18. The van der Waals surface area contributed by atoms with E-state index in [0.29, 0.717) is 32.1 Å². The molecule has 0 amide bonds. The number of hydrogen-bond acceptors (Lipinski definition) is 5. The molecule has 1 aromatic carbocycles. The molecule has 1 N–H and O–H groups in total. The first kappa shape index (κ1) is 29.1. The van der Waals surface area contributed by atoms with Crippen molar-refractivity contribution in [1.29, 1.82) is 0 Å². The number of hydrogen-bond donors (Lipinski definition) is 1. The Labute approximate surface area is 207 Å². The summed E-state index contributed by atoms with van der Waals surface area (Å²) in [5, 5.41) is 10.3. The van der Waals surface area contributed by atoms with Crippen molar-refractivity contribution < 1.29 is 33.0 Å². The van der Waals surface area contributed by atoms with Crippen molar-refractivity contribution in [1.82, 2.24) is 0 Å². The summed E-state index contributed by atoms with van der Waals surface area (Å²) >= 11 is 0. The Bertz CT molecular complexity index is 796. The molecule has 196 valence electrons. The number of benzene rings is 1. The monoisotopic (exact) mass is 494 g/mol. The number of aliphatic hydroxyl groups excluding tert-OH is 1. The van der Waals surface area contributed by atoms with Gasteiger partial charge in [0.25, 0.3) is 0 Å². The highest BCUT2D eigenvalue weighted by molar-refractivity contribution is 5.86. The minimum absolute atomic E-state index is 0.0314. The number of carbonyl (C=O) groups is 3. The SMILES string of the molecule is CCCCCC(F)(F)C(=O)CC[C@H]1[C@H](O)CC(=O)[C@@H]1CCCCCCC(=O)OCc1ccccc1. The molecule has 1 saturated carbocycles. The topological polar surface area (TPSA) is 80.7 Å². The maximum Gasteiger partial charge on any atom is 0.306 e. The molecule has 0 aliphatic heterocycles. The van der Waals surface area contributed by atoms with Crippen LogP contribution in [0.2, 0.25) is 0 Å². The number of ether oxygens (including phenoxy) is 1. The Kier molecular flexibility index (Phi) is 12.5. The summed E-state index contributed by atoms with van der Waals surface area (Å²) in [5.74, 6) is -5.53. The average Bonchev–Trinajstić information content (AvgIpc) is 3.10. The highest BCUT2D eigenvalue weighted by atomic mass is 19.3. The van der Waals surface area contributed by atoms with Crippen LogP contribution in [0.5, 0.6) is 0 Å². The standard InChI is InChI=1S/C28H40F2O5/c1-2-3-11-18-28(29,30)26(33)17-16-23-22(24(31)19-25(23)32)14-9-4-5-10-15-27(34)35-20-21-12-7-6-8-13-21/h6-8,12-13,22-23,25,32H,2-5,9-11,14-20H2,1H3/t22-,23-,25-/m1/s1. The van der Waals surface area contributed by atoms with Gasteiger partial charge in [0.05, 0.1) is 6.10 Å². The van der Waals surface area contributed by atoms with Crippen LogP contribution in [-0.4, -0.2) is 34.7 Å². The van der Waals surface area contributed by atoms with Gasteiger partial charge in [0.1, 0.15) is 12.4 Å². The molecular weight excluding hydrogens is 454 g/mol. The van der Waals surface area contributed by atoms with Crippen molar-refractivity contribution in [3.8, 4) is 0 Å². The summed E-state index contributed by atoms with van der Waals surface area (Å²) in [5.41, 5.74) is 0.945. The third-order valence-electron chi connectivity index (χ3n) is 6.93. The van der Waals surface area contributed by atoms with Gasteiger partial charge >= 0.3 is 11.9 Å². The van der Waals surface area contributed by atoms with Crippen molar-refractivity contribution in [2.24, 2.45) is 11.8 Å². The highest BCUT2D eigenvalue weighted by Gasteiger charge is 2.43. The lowest BCUT2D eigenvalue weighted by atomic mass is 9.85.